The number of aliphatic hydroxyl groups is 1. The molecule has 0 aromatic heterocycles. The lowest BCUT2D eigenvalue weighted by molar-refractivity contribution is -0.138. The molecule has 0 spiro atoms. The Balaban J connectivity index is 0.00000195. The highest BCUT2D eigenvalue weighted by Gasteiger charge is 2.40. The normalized spacial score (nSPS) is 15.9. The summed E-state index contributed by atoms with van der Waals surface area (Å²) in [6.45, 7) is -0.512. The van der Waals surface area contributed by atoms with E-state index >= 15 is 0 Å². The standard InChI is InChI=1S/C25H24N2O9.CH5N/c1-36-16-4-2-3-13-19(16)25(35)21-20(23(13)33)24(34)14-9-11(5-6-12(14)22(21)32)15(10-28)26-27-17(29)7-8-18(30)31;1-2/h2-4,11,28,32,34H,5-10H2,1H3,(H,27,29)(H,30,31);2H2,1H3/b26-15-;. The van der Waals surface area contributed by atoms with E-state index in [4.69, 9.17) is 9.84 Å². The highest BCUT2D eigenvalue weighted by atomic mass is 16.5. The molecule has 0 fully saturated rings. The van der Waals surface area contributed by atoms with Crippen LogP contribution < -0.4 is 15.9 Å². The number of methoxy groups -OCH3 is 1. The average Bonchev–Trinajstić information content (AvgIpc) is 2.93. The molecule has 0 heterocycles. The molecule has 7 N–H and O–H groups in total. The molecule has 4 rings (SSSR count). The number of hydrogen-bond donors (Lipinski definition) is 6. The summed E-state index contributed by atoms with van der Waals surface area (Å²) in [5.74, 6) is -4.09. The maximum Gasteiger partial charge on any atom is 0.303 e. The number of phenolic OH excluding ortho intramolecular Hbond substituents is 2. The summed E-state index contributed by atoms with van der Waals surface area (Å²) >= 11 is 0. The molecule has 12 heteroatoms. The maximum absolute atomic E-state index is 13.3. The van der Waals surface area contributed by atoms with E-state index < -0.39 is 41.7 Å². The third-order valence-corrected chi connectivity index (χ3v) is 6.55. The van der Waals surface area contributed by atoms with Gasteiger partial charge in [-0.3, -0.25) is 19.2 Å². The second-order valence-electron chi connectivity index (χ2n) is 8.58. The summed E-state index contributed by atoms with van der Waals surface area (Å²) in [5.41, 5.74) is 7.01. The van der Waals surface area contributed by atoms with Crippen molar-refractivity contribution in [2.24, 2.45) is 16.8 Å². The zero-order valence-electron chi connectivity index (χ0n) is 20.9. The van der Waals surface area contributed by atoms with Gasteiger partial charge < -0.3 is 30.9 Å². The van der Waals surface area contributed by atoms with E-state index in [0.29, 0.717) is 12.0 Å². The number of aromatic hydroxyl groups is 2. The first-order chi connectivity index (χ1) is 18.2. The first kappa shape index (κ1) is 28.3. The topological polar surface area (TPSA) is 209 Å². The van der Waals surface area contributed by atoms with E-state index in [9.17, 15) is 34.5 Å². The fraction of sp³-hybridized carbons (Fsp3) is 0.346. The Kier molecular flexibility index (Phi) is 8.81. The number of carbonyl (C=O) groups excluding carboxylic acids is 3. The van der Waals surface area contributed by atoms with Gasteiger partial charge in [-0.1, -0.05) is 12.1 Å². The molecule has 12 nitrogen and oxygen atoms in total. The zero-order chi connectivity index (χ0) is 28.1. The Morgan fingerprint density at radius 1 is 1.05 bits per heavy atom. The highest BCUT2D eigenvalue weighted by Crippen LogP contribution is 2.47. The lowest BCUT2D eigenvalue weighted by Crippen LogP contribution is -2.30. The number of ether oxygens (including phenoxy) is 1. The number of nitrogens with two attached hydrogens (primary N) is 1. The van der Waals surface area contributed by atoms with Gasteiger partial charge in [0.05, 0.1) is 42.5 Å². The number of carboxylic acid groups (broad SMARTS) is 1. The number of nitrogens with one attached hydrogen (secondary N) is 1. The number of hydrogen-bond acceptors (Lipinski definition) is 10. The van der Waals surface area contributed by atoms with Crippen molar-refractivity contribution in [1.29, 1.82) is 0 Å². The second-order valence-corrected chi connectivity index (χ2v) is 8.58. The Hall–Kier alpha value is -4.29. The Labute approximate surface area is 217 Å². The van der Waals surface area contributed by atoms with Crippen molar-refractivity contribution in [3.8, 4) is 17.2 Å². The number of rotatable bonds is 7. The van der Waals surface area contributed by atoms with Gasteiger partial charge in [-0.15, -0.1) is 0 Å². The predicted octanol–water partition coefficient (Wildman–Crippen LogP) is 0.891. The summed E-state index contributed by atoms with van der Waals surface area (Å²) in [4.78, 5) is 49.1. The fourth-order valence-electron chi connectivity index (χ4n) is 4.76. The van der Waals surface area contributed by atoms with E-state index in [1.807, 2.05) is 0 Å². The fourth-order valence-corrected chi connectivity index (χ4v) is 4.76. The van der Waals surface area contributed by atoms with Gasteiger partial charge in [-0.05, 0) is 32.4 Å². The minimum atomic E-state index is -1.13. The SMILES string of the molecule is CN.COc1cccc2c1C(=O)c1c(O)c3c(c(O)c1C2=O)CC(/C(CO)=N\NC(=O)CCC(=O)O)CC3. The first-order valence-electron chi connectivity index (χ1n) is 11.8. The van der Waals surface area contributed by atoms with E-state index in [-0.39, 0.29) is 70.7 Å². The molecule has 2 aliphatic carbocycles. The number of ketones is 2. The van der Waals surface area contributed by atoms with Crippen LogP contribution in [0.1, 0.15) is 62.2 Å². The van der Waals surface area contributed by atoms with Gasteiger partial charge in [-0.2, -0.15) is 5.10 Å². The van der Waals surface area contributed by atoms with Crippen LogP contribution in [0.5, 0.6) is 17.2 Å². The van der Waals surface area contributed by atoms with Crippen LogP contribution >= 0.6 is 0 Å². The molecule has 0 saturated heterocycles. The van der Waals surface area contributed by atoms with Crippen LogP contribution in [0.3, 0.4) is 0 Å². The Morgan fingerprint density at radius 2 is 1.71 bits per heavy atom. The quantitative estimate of drug-likeness (QED) is 0.145. The molecule has 0 saturated carbocycles. The molecule has 2 aromatic rings. The highest BCUT2D eigenvalue weighted by molar-refractivity contribution is 6.31. The number of phenols is 2. The van der Waals surface area contributed by atoms with Crippen LogP contribution in [-0.4, -0.2) is 70.3 Å². The maximum atomic E-state index is 13.3. The predicted molar refractivity (Wildman–Crippen MR) is 135 cm³/mol. The molecular formula is C26H29N3O9. The number of carbonyl (C=O) groups is 4. The lowest BCUT2D eigenvalue weighted by atomic mass is 9.74. The van der Waals surface area contributed by atoms with Crippen LogP contribution in [0.25, 0.3) is 0 Å². The van der Waals surface area contributed by atoms with Crippen molar-refractivity contribution < 1.29 is 44.3 Å². The largest absolute Gasteiger partial charge is 0.507 e. The van der Waals surface area contributed by atoms with Gasteiger partial charge in [-0.25, -0.2) is 5.43 Å². The monoisotopic (exact) mass is 527 g/mol. The third kappa shape index (κ3) is 5.08. The smallest absolute Gasteiger partial charge is 0.303 e. The molecule has 2 aliphatic rings. The van der Waals surface area contributed by atoms with E-state index in [0.717, 1.165) is 0 Å². The van der Waals surface area contributed by atoms with Crippen LogP contribution in [0.2, 0.25) is 0 Å². The summed E-state index contributed by atoms with van der Waals surface area (Å²) in [7, 11) is 2.86. The molecule has 202 valence electrons. The molecule has 1 amide bonds. The molecule has 0 bridgehead atoms. The van der Waals surface area contributed by atoms with E-state index in [1.165, 1.54) is 26.3 Å². The zero-order valence-corrected chi connectivity index (χ0v) is 20.9. The molecule has 2 aromatic carbocycles. The van der Waals surface area contributed by atoms with Crippen molar-refractivity contribution in [3.05, 3.63) is 51.6 Å². The van der Waals surface area contributed by atoms with E-state index in [1.54, 1.807) is 6.07 Å². The van der Waals surface area contributed by atoms with Gasteiger partial charge >= 0.3 is 5.97 Å². The van der Waals surface area contributed by atoms with Gasteiger partial charge in [0, 0.05) is 29.0 Å². The molecule has 0 aliphatic heterocycles. The molecule has 1 atom stereocenters. The van der Waals surface area contributed by atoms with Crippen LogP contribution in [0, 0.1) is 5.92 Å². The average molecular weight is 528 g/mol. The van der Waals surface area contributed by atoms with Gasteiger partial charge in [0.1, 0.15) is 17.2 Å². The van der Waals surface area contributed by atoms with E-state index in [2.05, 4.69) is 16.3 Å². The number of aliphatic carboxylic acids is 1. The van der Waals surface area contributed by atoms with Crippen molar-refractivity contribution in [1.82, 2.24) is 5.43 Å². The van der Waals surface area contributed by atoms with Crippen LogP contribution in [0.4, 0.5) is 0 Å². The molecule has 0 radical (unpaired) electrons. The summed E-state index contributed by atoms with van der Waals surface area (Å²) in [6, 6.07) is 4.53. The third-order valence-electron chi connectivity index (χ3n) is 6.55. The van der Waals surface area contributed by atoms with Gasteiger partial charge in [0.2, 0.25) is 11.7 Å². The molecule has 38 heavy (non-hydrogen) atoms. The minimum absolute atomic E-state index is 0.0224. The molecular weight excluding hydrogens is 498 g/mol. The van der Waals surface area contributed by atoms with Gasteiger partial charge in [0.15, 0.2) is 5.78 Å². The number of carboxylic acids is 1. The van der Waals surface area contributed by atoms with Crippen molar-refractivity contribution in [2.45, 2.75) is 32.1 Å². The summed E-state index contributed by atoms with van der Waals surface area (Å²) < 4.78 is 5.24. The number of benzene rings is 2. The minimum Gasteiger partial charge on any atom is -0.507 e. The number of nitrogens with zero attached hydrogens (tertiary/aromatic N) is 1. The van der Waals surface area contributed by atoms with Crippen molar-refractivity contribution >= 4 is 29.2 Å². The van der Waals surface area contributed by atoms with Crippen LogP contribution in [-0.2, 0) is 22.4 Å². The summed E-state index contributed by atoms with van der Waals surface area (Å²) in [6.07, 6.45) is 0.00380. The van der Waals surface area contributed by atoms with Crippen molar-refractivity contribution in [3.63, 3.8) is 0 Å². The van der Waals surface area contributed by atoms with Crippen LogP contribution in [0.15, 0.2) is 23.3 Å². The molecule has 1 unspecified atom stereocenters. The number of hydrazone groups is 1. The first-order valence-corrected chi connectivity index (χ1v) is 11.8. The number of aliphatic hydroxyl groups excluding tert-OH is 1. The Morgan fingerprint density at radius 3 is 2.34 bits per heavy atom. The number of fused-ring (bicyclic) bond motifs is 3. The number of amides is 1. The summed E-state index contributed by atoms with van der Waals surface area (Å²) in [5, 5.41) is 44.6. The Bertz CT molecular complexity index is 1330. The van der Waals surface area contributed by atoms with Gasteiger partial charge in [0.25, 0.3) is 0 Å². The second kappa shape index (κ2) is 11.8. The van der Waals surface area contributed by atoms with Crippen molar-refractivity contribution in [2.75, 3.05) is 20.8 Å². The lowest BCUT2D eigenvalue weighted by Gasteiger charge is -2.30.